The fourth-order valence-corrected chi connectivity index (χ4v) is 3.60. The predicted molar refractivity (Wildman–Crippen MR) is 119 cm³/mol. The standard InChI is InChI=1S/C22H26N4O6/c27-11-9-23-5-7-25-13-1-2-14(26-8-6-24-10-12-28)18-17(13)21(31)19-15(29)3-4-16(30)20(19)22(18)32/h1-4,11,23-26,28-30H,5-10,12H2. The normalized spacial score (nSPS) is 12.3. The molecule has 0 bridgehead atoms. The molecule has 170 valence electrons. The lowest BCUT2D eigenvalue weighted by Gasteiger charge is -2.25. The van der Waals surface area contributed by atoms with Crippen LogP contribution in [0, 0.1) is 0 Å². The second kappa shape index (κ2) is 10.7. The van der Waals surface area contributed by atoms with Crippen molar-refractivity contribution in [1.29, 1.82) is 0 Å². The number of carbonyl (C=O) groups excluding carboxylic acids is 3. The molecule has 0 saturated heterocycles. The van der Waals surface area contributed by atoms with Crippen molar-refractivity contribution in [3.8, 4) is 11.5 Å². The van der Waals surface area contributed by atoms with Gasteiger partial charge in [-0.05, 0) is 24.3 Å². The number of aliphatic hydroxyl groups is 1. The van der Waals surface area contributed by atoms with Gasteiger partial charge in [0.05, 0.1) is 35.4 Å². The Morgan fingerprint density at radius 2 is 1.19 bits per heavy atom. The number of benzene rings is 2. The van der Waals surface area contributed by atoms with Gasteiger partial charge in [-0.1, -0.05) is 0 Å². The molecule has 1 aliphatic carbocycles. The summed E-state index contributed by atoms with van der Waals surface area (Å²) in [6.07, 6.45) is 0.742. The Labute approximate surface area is 184 Å². The Bertz CT molecular complexity index is 1020. The van der Waals surface area contributed by atoms with Crippen molar-refractivity contribution in [2.45, 2.75) is 0 Å². The van der Waals surface area contributed by atoms with E-state index in [9.17, 15) is 24.6 Å². The highest BCUT2D eigenvalue weighted by atomic mass is 16.3. The second-order valence-corrected chi connectivity index (χ2v) is 7.12. The van der Waals surface area contributed by atoms with Crippen LogP contribution in [0.4, 0.5) is 11.4 Å². The third kappa shape index (κ3) is 4.72. The van der Waals surface area contributed by atoms with Crippen LogP contribution in [-0.2, 0) is 4.79 Å². The summed E-state index contributed by atoms with van der Waals surface area (Å²) in [6.45, 7) is 2.42. The van der Waals surface area contributed by atoms with Crippen LogP contribution < -0.4 is 21.3 Å². The molecule has 7 N–H and O–H groups in total. The minimum atomic E-state index is -0.576. The predicted octanol–water partition coefficient (Wildman–Crippen LogP) is 0.0674. The van der Waals surface area contributed by atoms with Gasteiger partial charge in [0.2, 0.25) is 11.6 Å². The molecule has 1 aliphatic rings. The summed E-state index contributed by atoms with van der Waals surface area (Å²) in [5, 5.41) is 41.5. The van der Waals surface area contributed by atoms with Crippen molar-refractivity contribution in [2.75, 3.05) is 56.5 Å². The van der Waals surface area contributed by atoms with Crippen LogP contribution in [0.15, 0.2) is 24.3 Å². The van der Waals surface area contributed by atoms with Gasteiger partial charge in [-0.15, -0.1) is 0 Å². The summed E-state index contributed by atoms with van der Waals surface area (Å²) >= 11 is 0. The van der Waals surface area contributed by atoms with E-state index >= 15 is 0 Å². The zero-order chi connectivity index (χ0) is 23.1. The van der Waals surface area contributed by atoms with Crippen LogP contribution in [0.1, 0.15) is 31.8 Å². The molecule has 10 nitrogen and oxygen atoms in total. The molecule has 0 saturated carbocycles. The van der Waals surface area contributed by atoms with Crippen molar-refractivity contribution in [1.82, 2.24) is 10.6 Å². The second-order valence-electron chi connectivity index (χ2n) is 7.12. The minimum absolute atomic E-state index is 0.00398. The Hall–Kier alpha value is -3.47. The monoisotopic (exact) mass is 442 g/mol. The maximum absolute atomic E-state index is 13.4. The minimum Gasteiger partial charge on any atom is -0.507 e. The van der Waals surface area contributed by atoms with Gasteiger partial charge in [-0.2, -0.15) is 0 Å². The number of ketones is 2. The first-order chi connectivity index (χ1) is 15.5. The topological polar surface area (TPSA) is 160 Å². The summed E-state index contributed by atoms with van der Waals surface area (Å²) in [5.41, 5.74) is 0.578. The lowest BCUT2D eigenvalue weighted by molar-refractivity contribution is -0.107. The third-order valence-electron chi connectivity index (χ3n) is 5.03. The molecule has 0 radical (unpaired) electrons. The molecule has 2 aromatic carbocycles. The first-order valence-electron chi connectivity index (χ1n) is 10.3. The number of anilines is 2. The molecule has 32 heavy (non-hydrogen) atoms. The van der Waals surface area contributed by atoms with Gasteiger partial charge in [0.1, 0.15) is 17.8 Å². The molecule has 3 rings (SSSR count). The van der Waals surface area contributed by atoms with E-state index in [1.54, 1.807) is 12.1 Å². The molecule has 0 atom stereocenters. The first-order valence-corrected chi connectivity index (χ1v) is 10.3. The molecule has 0 aliphatic heterocycles. The maximum Gasteiger partial charge on any atom is 0.200 e. The van der Waals surface area contributed by atoms with E-state index in [1.807, 2.05) is 0 Å². The van der Waals surface area contributed by atoms with Crippen LogP contribution in [0.25, 0.3) is 0 Å². The highest BCUT2D eigenvalue weighted by molar-refractivity contribution is 6.33. The van der Waals surface area contributed by atoms with E-state index in [0.717, 1.165) is 6.29 Å². The summed E-state index contributed by atoms with van der Waals surface area (Å²) in [4.78, 5) is 37.1. The number of nitrogens with one attached hydrogen (secondary N) is 4. The van der Waals surface area contributed by atoms with Gasteiger partial charge >= 0.3 is 0 Å². The fourth-order valence-electron chi connectivity index (χ4n) is 3.60. The van der Waals surface area contributed by atoms with Gasteiger partial charge < -0.3 is 41.4 Å². The number of phenols is 2. The van der Waals surface area contributed by atoms with Crippen LogP contribution >= 0.6 is 0 Å². The van der Waals surface area contributed by atoms with Crippen molar-refractivity contribution in [3.05, 3.63) is 46.5 Å². The largest absolute Gasteiger partial charge is 0.507 e. The quantitative estimate of drug-likeness (QED) is 0.116. The highest BCUT2D eigenvalue weighted by Crippen LogP contribution is 2.42. The average Bonchev–Trinajstić information content (AvgIpc) is 2.78. The molecule has 10 heteroatoms. The summed E-state index contributed by atoms with van der Waals surface area (Å²) in [7, 11) is 0. The number of phenolic OH excluding ortho intramolecular Hbond substituents is 2. The smallest absolute Gasteiger partial charge is 0.200 e. The Morgan fingerprint density at radius 1 is 0.688 bits per heavy atom. The number of aldehydes is 1. The zero-order valence-electron chi connectivity index (χ0n) is 17.4. The van der Waals surface area contributed by atoms with E-state index < -0.39 is 11.6 Å². The lowest BCUT2D eigenvalue weighted by atomic mass is 9.81. The first kappa shape index (κ1) is 23.2. The summed E-state index contributed by atoms with van der Waals surface area (Å²) in [5.74, 6) is -1.91. The molecule has 0 amide bonds. The van der Waals surface area contributed by atoms with E-state index in [4.69, 9.17) is 5.11 Å². The molecule has 0 spiro atoms. The van der Waals surface area contributed by atoms with Crippen LogP contribution in [0.3, 0.4) is 0 Å². The summed E-state index contributed by atoms with van der Waals surface area (Å²) in [6, 6.07) is 5.69. The van der Waals surface area contributed by atoms with Crippen LogP contribution in [0.5, 0.6) is 11.5 Å². The van der Waals surface area contributed by atoms with E-state index in [2.05, 4.69) is 21.3 Å². The Balaban J connectivity index is 1.98. The van der Waals surface area contributed by atoms with Crippen molar-refractivity contribution in [3.63, 3.8) is 0 Å². The van der Waals surface area contributed by atoms with E-state index in [-0.39, 0.29) is 46.9 Å². The fraction of sp³-hybridized carbons (Fsp3) is 0.318. The van der Waals surface area contributed by atoms with Crippen LogP contribution in [0.2, 0.25) is 0 Å². The Morgan fingerprint density at radius 3 is 1.66 bits per heavy atom. The number of hydrogen-bond donors (Lipinski definition) is 7. The molecule has 0 unspecified atom stereocenters. The van der Waals surface area contributed by atoms with Crippen molar-refractivity contribution in [2.24, 2.45) is 0 Å². The number of aromatic hydroxyl groups is 2. The summed E-state index contributed by atoms with van der Waals surface area (Å²) < 4.78 is 0. The molecular formula is C22H26N4O6. The van der Waals surface area contributed by atoms with Crippen LogP contribution in [-0.4, -0.2) is 79.0 Å². The van der Waals surface area contributed by atoms with Gasteiger partial charge in [0.15, 0.2) is 0 Å². The van der Waals surface area contributed by atoms with Crippen molar-refractivity contribution >= 4 is 29.2 Å². The molecule has 0 fully saturated rings. The van der Waals surface area contributed by atoms with E-state index in [0.29, 0.717) is 44.1 Å². The zero-order valence-corrected chi connectivity index (χ0v) is 17.4. The average molecular weight is 442 g/mol. The molecular weight excluding hydrogens is 416 g/mol. The number of fused-ring (bicyclic) bond motifs is 2. The van der Waals surface area contributed by atoms with Gasteiger partial charge in [0.25, 0.3) is 0 Å². The maximum atomic E-state index is 13.4. The molecule has 0 aromatic heterocycles. The van der Waals surface area contributed by atoms with Gasteiger partial charge in [0, 0.05) is 44.1 Å². The Kier molecular flexibility index (Phi) is 7.77. The number of aliphatic hydroxyl groups excluding tert-OH is 1. The van der Waals surface area contributed by atoms with Gasteiger partial charge in [-0.3, -0.25) is 9.59 Å². The third-order valence-corrected chi connectivity index (χ3v) is 5.03. The van der Waals surface area contributed by atoms with Crippen molar-refractivity contribution < 1.29 is 29.7 Å². The molecule has 2 aromatic rings. The van der Waals surface area contributed by atoms with E-state index in [1.165, 1.54) is 12.1 Å². The SMILES string of the molecule is O=CCNCCNc1ccc(NCCNCCO)c2c1C(=O)c1c(O)ccc(O)c1C2=O. The number of hydrogen-bond acceptors (Lipinski definition) is 10. The highest BCUT2D eigenvalue weighted by Gasteiger charge is 2.37. The van der Waals surface area contributed by atoms with Gasteiger partial charge in [-0.25, -0.2) is 0 Å². The number of carbonyl (C=O) groups is 3. The molecule has 0 heterocycles. The lowest BCUT2D eigenvalue weighted by Crippen LogP contribution is -2.28. The number of rotatable bonds is 12.